The van der Waals surface area contributed by atoms with Crippen LogP contribution in [0.15, 0.2) is 55.9 Å². The third kappa shape index (κ3) is 3.55. The van der Waals surface area contributed by atoms with Gasteiger partial charge in [0.2, 0.25) is 0 Å². The first-order chi connectivity index (χ1) is 10.9. The summed E-state index contributed by atoms with van der Waals surface area (Å²) >= 11 is 0. The van der Waals surface area contributed by atoms with E-state index in [0.717, 1.165) is 46.2 Å². The number of benzene rings is 1. The minimum absolute atomic E-state index is 0.145. The van der Waals surface area contributed by atoms with E-state index < -0.39 is 5.92 Å². The molecule has 118 valence electrons. The topological polar surface area (TPSA) is 12.9 Å². The van der Waals surface area contributed by atoms with Gasteiger partial charge in [-0.3, -0.25) is 4.98 Å². The molecule has 2 aromatic rings. The zero-order chi connectivity index (χ0) is 16.4. The van der Waals surface area contributed by atoms with Crippen LogP contribution in [0.1, 0.15) is 35.1 Å². The molecule has 0 N–H and O–H groups in total. The van der Waals surface area contributed by atoms with Crippen molar-refractivity contribution in [3.05, 3.63) is 78.1 Å². The average Bonchev–Trinajstić information content (AvgIpc) is 2.85. The van der Waals surface area contributed by atoms with Gasteiger partial charge in [-0.2, -0.15) is 0 Å². The minimum Gasteiger partial charge on any atom is -0.265 e. The molecule has 0 spiro atoms. The fraction of sp³-hybridized carbons (Fsp3) is 0.250. The van der Waals surface area contributed by atoms with E-state index in [2.05, 4.69) is 18.1 Å². The quantitative estimate of drug-likeness (QED) is 0.728. The second-order valence-corrected chi connectivity index (χ2v) is 6.14. The van der Waals surface area contributed by atoms with Crippen LogP contribution in [-0.2, 0) is 12.8 Å². The predicted molar refractivity (Wildman–Crippen MR) is 90.3 cm³/mol. The Morgan fingerprint density at radius 2 is 1.52 bits per heavy atom. The number of hydrogen-bond acceptors (Lipinski definition) is 1. The highest BCUT2D eigenvalue weighted by molar-refractivity contribution is 5.69. The molecule has 1 aromatic heterocycles. The Morgan fingerprint density at radius 3 is 2.22 bits per heavy atom. The molecule has 1 aliphatic rings. The maximum atomic E-state index is 13.5. The van der Waals surface area contributed by atoms with Gasteiger partial charge in [0.1, 0.15) is 0 Å². The molecule has 0 saturated carbocycles. The Labute approximate surface area is 135 Å². The Balaban J connectivity index is 1.65. The molecule has 23 heavy (non-hydrogen) atoms. The van der Waals surface area contributed by atoms with Gasteiger partial charge in [0.15, 0.2) is 0 Å². The zero-order valence-corrected chi connectivity index (χ0v) is 13.0. The molecule has 0 saturated heterocycles. The van der Waals surface area contributed by atoms with Crippen LogP contribution in [0.2, 0.25) is 0 Å². The van der Waals surface area contributed by atoms with E-state index in [-0.39, 0.29) is 12.8 Å². The van der Waals surface area contributed by atoms with Crippen molar-refractivity contribution in [2.75, 3.05) is 0 Å². The van der Waals surface area contributed by atoms with E-state index in [0.29, 0.717) is 0 Å². The third-order valence-corrected chi connectivity index (χ3v) is 4.33. The molecule has 0 radical (unpaired) electrons. The first kappa shape index (κ1) is 15.6. The van der Waals surface area contributed by atoms with Gasteiger partial charge in [0, 0.05) is 25.2 Å². The van der Waals surface area contributed by atoms with Crippen LogP contribution < -0.4 is 0 Å². The fourth-order valence-corrected chi connectivity index (χ4v) is 2.98. The van der Waals surface area contributed by atoms with Gasteiger partial charge in [-0.25, -0.2) is 8.78 Å². The van der Waals surface area contributed by atoms with Crippen LogP contribution >= 0.6 is 0 Å². The smallest absolute Gasteiger partial charge is 0.256 e. The van der Waals surface area contributed by atoms with Crippen molar-refractivity contribution in [2.24, 2.45) is 0 Å². The Hall–Kier alpha value is -2.29. The van der Waals surface area contributed by atoms with Gasteiger partial charge < -0.3 is 0 Å². The van der Waals surface area contributed by atoms with Gasteiger partial charge in [-0.05, 0) is 58.4 Å². The fourth-order valence-electron chi connectivity index (χ4n) is 2.98. The number of rotatable bonds is 5. The Bertz CT molecular complexity index is 747. The maximum Gasteiger partial charge on any atom is 0.256 e. The standard InChI is InChI=1S/C20H19F2N/c1-14(16-7-9-23-10-8-16)3-4-15(2)17-5-6-18-12-20(21,22)13-19(18)11-17/h5-11H,1-4,12-13H2. The lowest BCUT2D eigenvalue weighted by Gasteiger charge is -2.10. The first-order valence-electron chi connectivity index (χ1n) is 7.70. The summed E-state index contributed by atoms with van der Waals surface area (Å²) in [4.78, 5) is 4.00. The lowest BCUT2D eigenvalue weighted by molar-refractivity contribution is 0.0130. The summed E-state index contributed by atoms with van der Waals surface area (Å²) in [5.41, 5.74) is 5.51. The van der Waals surface area contributed by atoms with Crippen LogP contribution in [-0.4, -0.2) is 10.9 Å². The lowest BCUT2D eigenvalue weighted by Crippen LogP contribution is -2.14. The molecular weight excluding hydrogens is 292 g/mol. The van der Waals surface area contributed by atoms with Crippen LogP contribution in [0.3, 0.4) is 0 Å². The Morgan fingerprint density at radius 1 is 0.913 bits per heavy atom. The van der Waals surface area contributed by atoms with Crippen molar-refractivity contribution in [2.45, 2.75) is 31.6 Å². The number of alkyl halides is 2. The molecular formula is C20H19F2N. The second kappa shape index (κ2) is 6.07. The van der Waals surface area contributed by atoms with Crippen molar-refractivity contribution >= 4 is 11.1 Å². The number of fused-ring (bicyclic) bond motifs is 1. The number of allylic oxidation sites excluding steroid dienone is 2. The lowest BCUT2D eigenvalue weighted by atomic mass is 9.95. The van der Waals surface area contributed by atoms with Crippen molar-refractivity contribution in [3.63, 3.8) is 0 Å². The van der Waals surface area contributed by atoms with Crippen LogP contribution in [0.25, 0.3) is 11.1 Å². The molecule has 1 aromatic carbocycles. The van der Waals surface area contributed by atoms with E-state index in [1.807, 2.05) is 30.3 Å². The highest BCUT2D eigenvalue weighted by Gasteiger charge is 2.37. The summed E-state index contributed by atoms with van der Waals surface area (Å²) in [7, 11) is 0. The summed E-state index contributed by atoms with van der Waals surface area (Å²) in [6.07, 6.45) is 4.74. The summed E-state index contributed by atoms with van der Waals surface area (Å²) in [5.74, 6) is -2.60. The number of aromatic nitrogens is 1. The second-order valence-electron chi connectivity index (χ2n) is 6.14. The SMILES string of the molecule is C=C(CCC(=C)c1ccc2c(c1)CC(F)(F)C2)c1ccncc1. The summed E-state index contributed by atoms with van der Waals surface area (Å²) in [6.45, 7) is 8.21. The molecule has 0 aliphatic heterocycles. The Kier molecular flexibility index (Phi) is 4.12. The van der Waals surface area contributed by atoms with E-state index >= 15 is 0 Å². The normalized spacial score (nSPS) is 15.2. The van der Waals surface area contributed by atoms with E-state index in [1.165, 1.54) is 0 Å². The first-order valence-corrected chi connectivity index (χ1v) is 7.70. The summed E-state index contributed by atoms with van der Waals surface area (Å²) in [5, 5.41) is 0. The number of nitrogens with zero attached hydrogens (tertiary/aromatic N) is 1. The maximum absolute atomic E-state index is 13.5. The monoisotopic (exact) mass is 311 g/mol. The van der Waals surface area contributed by atoms with Gasteiger partial charge >= 0.3 is 0 Å². The number of halogens is 2. The summed E-state index contributed by atoms with van der Waals surface area (Å²) in [6, 6.07) is 9.45. The number of pyridine rings is 1. The molecule has 0 bridgehead atoms. The molecule has 0 atom stereocenters. The third-order valence-electron chi connectivity index (χ3n) is 4.33. The molecule has 3 heteroatoms. The van der Waals surface area contributed by atoms with E-state index in [1.54, 1.807) is 12.4 Å². The zero-order valence-electron chi connectivity index (χ0n) is 13.0. The molecule has 0 unspecified atom stereocenters. The summed E-state index contributed by atoms with van der Waals surface area (Å²) < 4.78 is 26.9. The molecule has 1 aliphatic carbocycles. The van der Waals surface area contributed by atoms with Gasteiger partial charge in [0.05, 0.1) is 0 Å². The molecule has 0 fully saturated rings. The molecule has 1 heterocycles. The van der Waals surface area contributed by atoms with Gasteiger partial charge in [-0.1, -0.05) is 31.4 Å². The number of hydrogen-bond donors (Lipinski definition) is 0. The largest absolute Gasteiger partial charge is 0.265 e. The van der Waals surface area contributed by atoms with Crippen molar-refractivity contribution in [1.82, 2.24) is 4.98 Å². The van der Waals surface area contributed by atoms with Crippen LogP contribution in [0.5, 0.6) is 0 Å². The van der Waals surface area contributed by atoms with Crippen molar-refractivity contribution < 1.29 is 8.78 Å². The molecule has 1 nitrogen and oxygen atoms in total. The molecule has 0 amide bonds. The van der Waals surface area contributed by atoms with Gasteiger partial charge in [0.25, 0.3) is 5.92 Å². The van der Waals surface area contributed by atoms with Crippen molar-refractivity contribution in [3.8, 4) is 0 Å². The average molecular weight is 311 g/mol. The van der Waals surface area contributed by atoms with Crippen LogP contribution in [0, 0.1) is 0 Å². The van der Waals surface area contributed by atoms with Crippen molar-refractivity contribution in [1.29, 1.82) is 0 Å². The highest BCUT2D eigenvalue weighted by atomic mass is 19.3. The minimum atomic E-state index is -2.60. The van der Waals surface area contributed by atoms with Crippen LogP contribution in [0.4, 0.5) is 8.78 Å². The van der Waals surface area contributed by atoms with Gasteiger partial charge in [-0.15, -0.1) is 0 Å². The molecule has 3 rings (SSSR count). The van der Waals surface area contributed by atoms with E-state index in [9.17, 15) is 8.78 Å². The predicted octanol–water partition coefficient (Wildman–Crippen LogP) is 5.32. The van der Waals surface area contributed by atoms with E-state index in [4.69, 9.17) is 0 Å². The highest BCUT2D eigenvalue weighted by Crippen LogP contribution is 2.36.